The topological polar surface area (TPSA) is 85.4 Å². The highest BCUT2D eigenvalue weighted by Crippen LogP contribution is 2.37. The number of nitrogens with one attached hydrogen (secondary N) is 1. The van der Waals surface area contributed by atoms with Crippen molar-refractivity contribution in [1.29, 1.82) is 0 Å². The fraction of sp³-hybridized carbons (Fsp3) is 0.200. The Morgan fingerprint density at radius 2 is 1.94 bits per heavy atom. The SMILES string of the molecule is O=C1c2ccc(-c3ccccc3NS(=O)(=O)C(F)(F)F)cc2OCC1Cc1cscn1. The Bertz CT molecular complexity index is 1230. The molecule has 0 fully saturated rings. The first-order chi connectivity index (χ1) is 14.7. The van der Waals surface area contributed by atoms with E-state index in [2.05, 4.69) is 4.98 Å². The predicted octanol–water partition coefficient (Wildman–Crippen LogP) is 4.51. The summed E-state index contributed by atoms with van der Waals surface area (Å²) in [5.74, 6) is -0.191. The first-order valence-corrected chi connectivity index (χ1v) is 11.4. The van der Waals surface area contributed by atoms with Crippen LogP contribution in [0.15, 0.2) is 53.4 Å². The van der Waals surface area contributed by atoms with Gasteiger partial charge in [0.05, 0.1) is 35.0 Å². The van der Waals surface area contributed by atoms with Gasteiger partial charge in [-0.15, -0.1) is 11.3 Å². The van der Waals surface area contributed by atoms with Crippen molar-refractivity contribution in [3.05, 3.63) is 64.6 Å². The summed E-state index contributed by atoms with van der Waals surface area (Å²) in [4.78, 5) is 17.0. The number of benzene rings is 2. The van der Waals surface area contributed by atoms with Gasteiger partial charge in [0.2, 0.25) is 0 Å². The monoisotopic (exact) mass is 468 g/mol. The zero-order valence-corrected chi connectivity index (χ0v) is 17.4. The molecular formula is C20H15F3N2O4S2. The molecule has 1 N–H and O–H groups in total. The van der Waals surface area contributed by atoms with Crippen LogP contribution in [0.2, 0.25) is 0 Å². The Morgan fingerprint density at radius 3 is 2.65 bits per heavy atom. The molecule has 0 aliphatic carbocycles. The average molecular weight is 468 g/mol. The Kier molecular flexibility index (Phi) is 5.48. The molecule has 0 saturated carbocycles. The standard InChI is InChI=1S/C20H15F3N2O4S2/c21-20(22,23)31(27,28)25-17-4-2-1-3-15(17)12-5-6-16-18(8-12)29-9-13(19(16)26)7-14-10-30-11-24-14/h1-6,8,10-11,13,25H,7,9H2. The van der Waals surface area contributed by atoms with E-state index in [4.69, 9.17) is 4.74 Å². The van der Waals surface area contributed by atoms with E-state index in [1.54, 1.807) is 22.4 Å². The number of anilines is 1. The molecule has 6 nitrogen and oxygen atoms in total. The first-order valence-electron chi connectivity index (χ1n) is 9.02. The molecule has 0 bridgehead atoms. The van der Waals surface area contributed by atoms with Gasteiger partial charge in [-0.05, 0) is 23.8 Å². The van der Waals surface area contributed by atoms with E-state index in [0.717, 1.165) is 5.69 Å². The average Bonchev–Trinajstić information content (AvgIpc) is 3.22. The second kappa shape index (κ2) is 7.97. The fourth-order valence-corrected chi connectivity index (χ4v) is 4.42. The molecule has 11 heteroatoms. The Morgan fingerprint density at radius 1 is 1.16 bits per heavy atom. The maximum atomic E-state index is 12.8. The maximum Gasteiger partial charge on any atom is 0.516 e. The number of ether oxygens (including phenoxy) is 1. The third-order valence-corrected chi connectivity index (χ3v) is 6.52. The highest BCUT2D eigenvalue weighted by Gasteiger charge is 2.46. The number of nitrogens with zero attached hydrogens (tertiary/aromatic N) is 1. The molecule has 1 unspecified atom stereocenters. The van der Waals surface area contributed by atoms with E-state index < -0.39 is 15.5 Å². The summed E-state index contributed by atoms with van der Waals surface area (Å²) < 4.78 is 68.7. The van der Waals surface area contributed by atoms with Crippen molar-refractivity contribution in [1.82, 2.24) is 4.98 Å². The number of para-hydroxylation sites is 1. The summed E-state index contributed by atoms with van der Waals surface area (Å²) in [6.07, 6.45) is 0.450. The van der Waals surface area contributed by atoms with Gasteiger partial charge in [0.15, 0.2) is 5.78 Å². The lowest BCUT2D eigenvalue weighted by Crippen LogP contribution is -2.30. The number of ketones is 1. The van der Waals surface area contributed by atoms with Crippen LogP contribution in [-0.2, 0) is 16.4 Å². The lowest BCUT2D eigenvalue weighted by atomic mass is 9.90. The number of fused-ring (bicyclic) bond motifs is 1. The molecule has 1 aliphatic rings. The molecule has 4 rings (SSSR count). The maximum absolute atomic E-state index is 12.8. The van der Waals surface area contributed by atoms with Gasteiger partial charge in [-0.2, -0.15) is 21.6 Å². The van der Waals surface area contributed by atoms with Crippen LogP contribution < -0.4 is 9.46 Å². The van der Waals surface area contributed by atoms with Gasteiger partial charge < -0.3 is 4.74 Å². The molecule has 31 heavy (non-hydrogen) atoms. The number of hydrogen-bond donors (Lipinski definition) is 1. The van der Waals surface area contributed by atoms with Crippen LogP contribution in [0, 0.1) is 5.92 Å². The third-order valence-electron chi connectivity index (χ3n) is 4.78. The number of aromatic nitrogens is 1. The largest absolute Gasteiger partial charge is 0.516 e. The Balaban J connectivity index is 1.63. The molecule has 2 heterocycles. The zero-order chi connectivity index (χ0) is 22.2. The van der Waals surface area contributed by atoms with Gasteiger partial charge in [0.25, 0.3) is 0 Å². The summed E-state index contributed by atoms with van der Waals surface area (Å²) in [5, 5.41) is 1.87. The molecule has 3 aromatic rings. The van der Waals surface area contributed by atoms with Crippen LogP contribution in [0.3, 0.4) is 0 Å². The van der Waals surface area contributed by atoms with Crippen LogP contribution in [0.25, 0.3) is 11.1 Å². The first kappa shape index (κ1) is 21.3. The van der Waals surface area contributed by atoms with Gasteiger partial charge >= 0.3 is 15.5 Å². The lowest BCUT2D eigenvalue weighted by molar-refractivity contribution is -0.0429. The minimum Gasteiger partial charge on any atom is -0.492 e. The second-order valence-corrected chi connectivity index (χ2v) is 9.26. The number of rotatable bonds is 5. The molecule has 1 aromatic heterocycles. The highest BCUT2D eigenvalue weighted by atomic mass is 32.2. The van der Waals surface area contributed by atoms with E-state index in [0.29, 0.717) is 23.3 Å². The molecule has 1 aliphatic heterocycles. The molecule has 162 valence electrons. The predicted molar refractivity (Wildman–Crippen MR) is 110 cm³/mol. The van der Waals surface area contributed by atoms with E-state index in [1.165, 1.54) is 41.7 Å². The zero-order valence-electron chi connectivity index (χ0n) is 15.7. The Labute approximate surface area is 179 Å². The van der Waals surface area contributed by atoms with Crippen molar-refractivity contribution >= 4 is 32.8 Å². The normalized spacial score (nSPS) is 16.5. The van der Waals surface area contributed by atoms with Crippen LogP contribution in [-0.4, -0.2) is 31.3 Å². The smallest absolute Gasteiger partial charge is 0.492 e. The van der Waals surface area contributed by atoms with Crippen molar-refractivity contribution in [2.24, 2.45) is 5.92 Å². The summed E-state index contributed by atoms with van der Waals surface area (Å²) >= 11 is 1.44. The summed E-state index contributed by atoms with van der Waals surface area (Å²) in [6, 6.07) is 10.3. The molecule has 0 saturated heterocycles. The summed E-state index contributed by atoms with van der Waals surface area (Å²) in [5.41, 5.74) is -2.19. The molecule has 1 atom stereocenters. The Hall–Kier alpha value is -2.92. The van der Waals surface area contributed by atoms with Gasteiger partial charge in [-0.1, -0.05) is 24.3 Å². The minimum absolute atomic E-state index is 0.105. The van der Waals surface area contributed by atoms with Crippen molar-refractivity contribution < 1.29 is 31.1 Å². The van der Waals surface area contributed by atoms with E-state index >= 15 is 0 Å². The van der Waals surface area contributed by atoms with Crippen molar-refractivity contribution in [3.63, 3.8) is 0 Å². The van der Waals surface area contributed by atoms with E-state index in [-0.39, 0.29) is 29.6 Å². The van der Waals surface area contributed by atoms with Gasteiger partial charge in [0.1, 0.15) is 5.75 Å². The fourth-order valence-electron chi connectivity index (χ4n) is 3.27. The number of carbonyl (C=O) groups is 1. The van der Waals surface area contributed by atoms with Crippen molar-refractivity contribution in [2.45, 2.75) is 11.9 Å². The number of alkyl halides is 3. The summed E-state index contributed by atoms with van der Waals surface area (Å²) in [6.45, 7) is 0.148. The van der Waals surface area contributed by atoms with Gasteiger partial charge in [0, 0.05) is 17.4 Å². The molecule has 2 aromatic carbocycles. The molecule has 0 radical (unpaired) electrons. The van der Waals surface area contributed by atoms with E-state index in [9.17, 15) is 26.4 Å². The van der Waals surface area contributed by atoms with Crippen molar-refractivity contribution in [2.75, 3.05) is 11.3 Å². The number of hydrogen-bond acceptors (Lipinski definition) is 6. The van der Waals surface area contributed by atoms with Crippen LogP contribution in [0.5, 0.6) is 5.75 Å². The minimum atomic E-state index is -5.58. The molecule has 0 spiro atoms. The summed E-state index contributed by atoms with van der Waals surface area (Å²) in [7, 11) is -5.58. The third kappa shape index (κ3) is 4.28. The van der Waals surface area contributed by atoms with Crippen LogP contribution >= 0.6 is 11.3 Å². The highest BCUT2D eigenvalue weighted by molar-refractivity contribution is 7.93. The van der Waals surface area contributed by atoms with Gasteiger partial charge in [-0.3, -0.25) is 9.52 Å². The lowest BCUT2D eigenvalue weighted by Gasteiger charge is -2.24. The number of sulfonamides is 1. The van der Waals surface area contributed by atoms with E-state index in [1.807, 2.05) is 5.38 Å². The molecule has 0 amide bonds. The quantitative estimate of drug-likeness (QED) is 0.596. The number of thiazole rings is 1. The van der Waals surface area contributed by atoms with Crippen LogP contribution in [0.4, 0.5) is 18.9 Å². The number of carbonyl (C=O) groups excluding carboxylic acids is 1. The number of Topliss-reactive ketones (excluding diaryl/α,β-unsaturated/α-hetero) is 1. The number of halogens is 3. The second-order valence-electron chi connectivity index (χ2n) is 6.86. The molecular weight excluding hydrogens is 453 g/mol. The van der Waals surface area contributed by atoms with Crippen molar-refractivity contribution in [3.8, 4) is 16.9 Å². The van der Waals surface area contributed by atoms with Crippen LogP contribution in [0.1, 0.15) is 16.1 Å². The van der Waals surface area contributed by atoms with Gasteiger partial charge in [-0.25, -0.2) is 4.98 Å².